The monoisotopic (exact) mass is 296 g/mol. The fourth-order valence-corrected chi connectivity index (χ4v) is 3.64. The number of carbonyl (C=O) groups is 1. The first kappa shape index (κ1) is 15.0. The van der Waals surface area contributed by atoms with Gasteiger partial charge in [-0.3, -0.25) is 4.79 Å². The zero-order valence-electron chi connectivity index (χ0n) is 11.6. The normalized spacial score (nSPS) is 23.2. The molecule has 5 nitrogen and oxygen atoms in total. The number of amides is 1. The lowest BCUT2D eigenvalue weighted by molar-refractivity contribution is -0.119. The molecule has 0 radical (unpaired) electrons. The molecule has 1 aliphatic rings. The second kappa shape index (κ2) is 6.35. The molecule has 1 aliphatic carbocycles. The minimum absolute atomic E-state index is 0.0492. The van der Waals surface area contributed by atoms with Crippen molar-refractivity contribution in [2.45, 2.75) is 43.7 Å². The van der Waals surface area contributed by atoms with Gasteiger partial charge in [0, 0.05) is 12.2 Å². The zero-order chi connectivity index (χ0) is 14.6. The summed E-state index contributed by atoms with van der Waals surface area (Å²) in [7, 11) is -3.65. The highest BCUT2D eigenvalue weighted by atomic mass is 32.2. The van der Waals surface area contributed by atoms with Crippen LogP contribution in [0.15, 0.2) is 29.4 Å². The molecular formula is C14H20N2O3S. The van der Waals surface area contributed by atoms with Crippen molar-refractivity contribution in [2.24, 2.45) is 5.92 Å². The Hall–Kier alpha value is -1.43. The van der Waals surface area contributed by atoms with E-state index in [1.165, 1.54) is 18.7 Å². The smallest absolute Gasteiger partial charge is 0.235 e. The Morgan fingerprint density at radius 2 is 2.10 bits per heavy atom. The van der Waals surface area contributed by atoms with Crippen LogP contribution in [0.25, 0.3) is 0 Å². The molecule has 1 saturated carbocycles. The van der Waals surface area contributed by atoms with Gasteiger partial charge in [-0.05, 0) is 30.9 Å². The van der Waals surface area contributed by atoms with Crippen molar-refractivity contribution in [3.63, 3.8) is 0 Å². The number of aromatic nitrogens is 1. The molecule has 2 rings (SSSR count). The number of pyridine rings is 1. The summed E-state index contributed by atoms with van der Waals surface area (Å²) in [6, 6.07) is 4.74. The van der Waals surface area contributed by atoms with Crippen LogP contribution in [0.3, 0.4) is 0 Å². The van der Waals surface area contributed by atoms with Gasteiger partial charge in [0.05, 0.1) is 0 Å². The maximum atomic E-state index is 12.0. The van der Waals surface area contributed by atoms with Crippen LogP contribution in [-0.2, 0) is 14.6 Å². The molecule has 0 bridgehead atoms. The average molecular weight is 296 g/mol. The fraction of sp³-hybridized carbons (Fsp3) is 0.571. The molecule has 0 unspecified atom stereocenters. The summed E-state index contributed by atoms with van der Waals surface area (Å²) in [6.45, 7) is 2.09. The molecule has 20 heavy (non-hydrogen) atoms. The third-order valence-corrected chi connectivity index (χ3v) is 5.26. The van der Waals surface area contributed by atoms with Gasteiger partial charge in [0.25, 0.3) is 0 Å². The van der Waals surface area contributed by atoms with Gasteiger partial charge < -0.3 is 5.32 Å². The van der Waals surface area contributed by atoms with Gasteiger partial charge in [0.2, 0.25) is 15.7 Å². The SMILES string of the molecule is C[C@H]1CCCC[C@H]1NC(=O)CS(=O)(=O)c1ccccn1. The first-order chi connectivity index (χ1) is 9.49. The van der Waals surface area contributed by atoms with Crippen LogP contribution < -0.4 is 5.32 Å². The standard InChI is InChI=1S/C14H20N2O3S/c1-11-6-2-3-7-12(11)16-13(17)10-20(18,19)14-8-4-5-9-15-14/h4-5,8-9,11-12H,2-3,6-7,10H2,1H3,(H,16,17)/t11-,12+/m0/s1. The number of hydrogen-bond donors (Lipinski definition) is 1. The molecule has 2 atom stereocenters. The molecule has 0 aliphatic heterocycles. The number of nitrogens with zero attached hydrogens (tertiary/aromatic N) is 1. The average Bonchev–Trinajstić information content (AvgIpc) is 2.42. The second-order valence-corrected chi connectivity index (χ2v) is 7.30. The lowest BCUT2D eigenvalue weighted by Crippen LogP contribution is -2.43. The highest BCUT2D eigenvalue weighted by Crippen LogP contribution is 2.23. The molecule has 1 heterocycles. The van der Waals surface area contributed by atoms with Crippen LogP contribution in [0.4, 0.5) is 0 Å². The van der Waals surface area contributed by atoms with Crippen LogP contribution in [-0.4, -0.2) is 31.1 Å². The first-order valence-electron chi connectivity index (χ1n) is 6.92. The minimum atomic E-state index is -3.65. The molecule has 1 N–H and O–H groups in total. The number of nitrogens with one attached hydrogen (secondary N) is 1. The quantitative estimate of drug-likeness (QED) is 0.914. The van der Waals surface area contributed by atoms with Crippen molar-refractivity contribution < 1.29 is 13.2 Å². The van der Waals surface area contributed by atoms with Gasteiger partial charge >= 0.3 is 0 Å². The molecule has 1 amide bonds. The van der Waals surface area contributed by atoms with E-state index in [0.717, 1.165) is 19.3 Å². The van der Waals surface area contributed by atoms with E-state index in [4.69, 9.17) is 0 Å². The molecule has 0 aromatic carbocycles. The highest BCUT2D eigenvalue weighted by Gasteiger charge is 2.26. The third kappa shape index (κ3) is 3.79. The Morgan fingerprint density at radius 1 is 1.35 bits per heavy atom. The molecule has 0 spiro atoms. The number of hydrogen-bond acceptors (Lipinski definition) is 4. The number of rotatable bonds is 4. The van der Waals surface area contributed by atoms with Gasteiger partial charge in [-0.1, -0.05) is 25.8 Å². The summed E-state index contributed by atoms with van der Waals surface area (Å²) in [6.07, 6.45) is 5.69. The van der Waals surface area contributed by atoms with Crippen LogP contribution in [0.2, 0.25) is 0 Å². The summed E-state index contributed by atoms with van der Waals surface area (Å²) in [4.78, 5) is 15.7. The van der Waals surface area contributed by atoms with Crippen LogP contribution >= 0.6 is 0 Å². The van der Waals surface area contributed by atoms with Crippen molar-refractivity contribution >= 4 is 15.7 Å². The van der Waals surface area contributed by atoms with E-state index in [-0.39, 0.29) is 11.1 Å². The lowest BCUT2D eigenvalue weighted by Gasteiger charge is -2.29. The fourth-order valence-electron chi connectivity index (χ4n) is 2.56. The van der Waals surface area contributed by atoms with Gasteiger partial charge in [0.15, 0.2) is 5.03 Å². The molecule has 1 aromatic rings. The topological polar surface area (TPSA) is 76.1 Å². The van der Waals surface area contributed by atoms with E-state index in [1.807, 2.05) is 0 Å². The van der Waals surface area contributed by atoms with Crippen molar-refractivity contribution in [1.82, 2.24) is 10.3 Å². The molecule has 110 valence electrons. The Kier molecular flexibility index (Phi) is 4.75. The van der Waals surface area contributed by atoms with Crippen molar-refractivity contribution in [1.29, 1.82) is 0 Å². The van der Waals surface area contributed by atoms with Gasteiger partial charge in [-0.2, -0.15) is 0 Å². The second-order valence-electron chi connectivity index (χ2n) is 5.36. The number of carbonyl (C=O) groups excluding carboxylic acids is 1. The van der Waals surface area contributed by atoms with Gasteiger partial charge in [0.1, 0.15) is 5.75 Å². The molecule has 1 fully saturated rings. The predicted octanol–water partition coefficient (Wildman–Crippen LogP) is 1.55. The third-order valence-electron chi connectivity index (χ3n) is 3.74. The van der Waals surface area contributed by atoms with Gasteiger partial charge in [-0.25, -0.2) is 13.4 Å². The molecule has 1 aromatic heterocycles. The molecule has 0 saturated heterocycles. The van der Waals surface area contributed by atoms with Crippen molar-refractivity contribution in [3.8, 4) is 0 Å². The van der Waals surface area contributed by atoms with Crippen molar-refractivity contribution in [3.05, 3.63) is 24.4 Å². The Labute approximate surface area is 119 Å². The highest BCUT2D eigenvalue weighted by molar-refractivity contribution is 7.92. The Bertz CT molecular complexity index is 557. The van der Waals surface area contributed by atoms with E-state index in [2.05, 4.69) is 17.2 Å². The van der Waals surface area contributed by atoms with Crippen molar-refractivity contribution in [2.75, 3.05) is 5.75 Å². The minimum Gasteiger partial charge on any atom is -0.352 e. The summed E-state index contributed by atoms with van der Waals surface area (Å²) in [5.41, 5.74) is 0. The van der Waals surface area contributed by atoms with Crippen LogP contribution in [0.1, 0.15) is 32.6 Å². The van der Waals surface area contributed by atoms with E-state index in [0.29, 0.717) is 5.92 Å². The molecular weight excluding hydrogens is 276 g/mol. The first-order valence-corrected chi connectivity index (χ1v) is 8.57. The summed E-state index contributed by atoms with van der Waals surface area (Å²) >= 11 is 0. The van der Waals surface area contributed by atoms with E-state index < -0.39 is 21.5 Å². The summed E-state index contributed by atoms with van der Waals surface area (Å²) in [5, 5.41) is 2.80. The summed E-state index contributed by atoms with van der Waals surface area (Å²) < 4.78 is 24.1. The molecule has 6 heteroatoms. The maximum Gasteiger partial charge on any atom is 0.235 e. The predicted molar refractivity (Wildman–Crippen MR) is 75.9 cm³/mol. The van der Waals surface area contributed by atoms with Gasteiger partial charge in [-0.15, -0.1) is 0 Å². The van der Waals surface area contributed by atoms with E-state index >= 15 is 0 Å². The maximum absolute atomic E-state index is 12.0. The van der Waals surface area contributed by atoms with Crippen LogP contribution in [0.5, 0.6) is 0 Å². The van der Waals surface area contributed by atoms with E-state index in [9.17, 15) is 13.2 Å². The largest absolute Gasteiger partial charge is 0.352 e. The lowest BCUT2D eigenvalue weighted by atomic mass is 9.86. The number of sulfone groups is 1. The Balaban J connectivity index is 1.97. The van der Waals surface area contributed by atoms with E-state index in [1.54, 1.807) is 12.1 Å². The summed E-state index contributed by atoms with van der Waals surface area (Å²) in [5.74, 6) is -0.563. The zero-order valence-corrected chi connectivity index (χ0v) is 12.4. The Morgan fingerprint density at radius 3 is 2.75 bits per heavy atom. The van der Waals surface area contributed by atoms with Crippen LogP contribution in [0, 0.1) is 5.92 Å².